The lowest BCUT2D eigenvalue weighted by molar-refractivity contribution is -0.143. The van der Waals surface area contributed by atoms with Crippen LogP contribution in [0, 0.1) is 0 Å². The van der Waals surface area contributed by atoms with E-state index in [0.29, 0.717) is 34.5 Å². The molecule has 0 saturated heterocycles. The third-order valence-electron chi connectivity index (χ3n) is 5.79. The molecular weight excluding hydrogens is 460 g/mol. The fraction of sp³-hybridized carbons (Fsp3) is 0.370. The van der Waals surface area contributed by atoms with E-state index >= 15 is 0 Å². The molecule has 3 rings (SSSR count). The predicted molar refractivity (Wildman–Crippen MR) is 144 cm³/mol. The lowest BCUT2D eigenvalue weighted by Crippen LogP contribution is -2.47. The maximum Gasteiger partial charge on any atom is 0.338 e. The summed E-state index contributed by atoms with van der Waals surface area (Å²) in [6.07, 6.45) is -0.251. The Labute approximate surface area is 212 Å². The molecule has 35 heavy (non-hydrogen) atoms. The van der Waals surface area contributed by atoms with E-state index in [0.717, 1.165) is 11.3 Å². The number of esters is 1. The summed E-state index contributed by atoms with van der Waals surface area (Å²) in [7, 11) is 0. The number of rotatable bonds is 7. The number of carbonyl (C=O) groups excluding carboxylic acids is 2. The summed E-state index contributed by atoms with van der Waals surface area (Å²) in [5.74, 6) is 0.0311. The topological polar surface area (TPSA) is 82.7 Å². The molecule has 0 fully saturated rings. The summed E-state index contributed by atoms with van der Waals surface area (Å²) in [4.78, 5) is 27.5. The van der Waals surface area contributed by atoms with Crippen molar-refractivity contribution in [3.63, 3.8) is 0 Å². The van der Waals surface area contributed by atoms with Crippen molar-refractivity contribution >= 4 is 40.7 Å². The van der Waals surface area contributed by atoms with Crippen molar-refractivity contribution in [2.75, 3.05) is 17.2 Å². The summed E-state index contributed by atoms with van der Waals surface area (Å²) in [5.41, 5.74) is 4.56. The number of benzene rings is 2. The SMILES string of the molecule is CCN1C(=S)N[C@@H](c2cccc(NC(=O)Nc3ccc(C(C)C)cc3)c2)C(C(=O)OC(C)C)=C1C. The maximum atomic E-state index is 13.0. The second-order valence-electron chi connectivity index (χ2n) is 9.06. The fourth-order valence-electron chi connectivity index (χ4n) is 3.99. The van der Waals surface area contributed by atoms with Crippen molar-refractivity contribution in [1.29, 1.82) is 0 Å². The summed E-state index contributed by atoms with van der Waals surface area (Å²) >= 11 is 5.56. The largest absolute Gasteiger partial charge is 0.459 e. The van der Waals surface area contributed by atoms with Crippen LogP contribution in [0.4, 0.5) is 16.2 Å². The molecule has 0 bridgehead atoms. The Morgan fingerprint density at radius 3 is 2.31 bits per heavy atom. The van der Waals surface area contributed by atoms with Gasteiger partial charge in [-0.05, 0) is 81.2 Å². The van der Waals surface area contributed by atoms with Crippen LogP contribution in [-0.4, -0.2) is 34.7 Å². The fourth-order valence-corrected chi connectivity index (χ4v) is 4.38. The molecule has 0 radical (unpaired) electrons. The first-order valence-electron chi connectivity index (χ1n) is 11.9. The van der Waals surface area contributed by atoms with E-state index in [2.05, 4.69) is 29.8 Å². The van der Waals surface area contributed by atoms with Crippen LogP contribution in [0.2, 0.25) is 0 Å². The standard InChI is InChI=1S/C27H34N4O3S/c1-7-31-18(6)23(25(32)34-17(4)5)24(30-27(31)35)20-9-8-10-22(15-20)29-26(33)28-21-13-11-19(12-14-21)16(2)3/h8-17,24H,7H2,1-6H3,(H,30,35)(H2,28,29,33)/t24-/m0/s1. The number of amides is 2. The summed E-state index contributed by atoms with van der Waals surface area (Å²) in [6.45, 7) is 12.4. The lowest BCUT2D eigenvalue weighted by Gasteiger charge is -2.37. The number of hydrogen-bond acceptors (Lipinski definition) is 4. The number of anilines is 2. The number of carbonyl (C=O) groups is 2. The van der Waals surface area contributed by atoms with Crippen LogP contribution < -0.4 is 16.0 Å². The van der Waals surface area contributed by atoms with Crippen LogP contribution in [0.1, 0.15) is 64.6 Å². The number of allylic oxidation sites excluding steroid dienone is 1. The number of ether oxygens (including phenoxy) is 1. The van der Waals surface area contributed by atoms with Crippen molar-refractivity contribution in [2.24, 2.45) is 0 Å². The molecule has 0 spiro atoms. The van der Waals surface area contributed by atoms with E-state index in [-0.39, 0.29) is 12.1 Å². The van der Waals surface area contributed by atoms with Gasteiger partial charge in [0, 0.05) is 23.6 Å². The van der Waals surface area contributed by atoms with Crippen molar-refractivity contribution in [1.82, 2.24) is 10.2 Å². The monoisotopic (exact) mass is 494 g/mol. The van der Waals surface area contributed by atoms with E-state index < -0.39 is 12.0 Å². The predicted octanol–water partition coefficient (Wildman–Crippen LogP) is 5.93. The molecule has 0 aromatic heterocycles. The van der Waals surface area contributed by atoms with Gasteiger partial charge in [0.05, 0.1) is 17.7 Å². The zero-order valence-corrected chi connectivity index (χ0v) is 22.0. The first-order valence-corrected chi connectivity index (χ1v) is 12.3. The van der Waals surface area contributed by atoms with Crippen molar-refractivity contribution in [2.45, 2.75) is 59.6 Å². The highest BCUT2D eigenvalue weighted by Gasteiger charge is 2.34. The Kier molecular flexibility index (Phi) is 8.51. The van der Waals surface area contributed by atoms with E-state index in [4.69, 9.17) is 17.0 Å². The van der Waals surface area contributed by atoms with Crippen LogP contribution in [0.5, 0.6) is 0 Å². The number of nitrogens with one attached hydrogen (secondary N) is 3. The van der Waals surface area contributed by atoms with Crippen molar-refractivity contribution in [3.8, 4) is 0 Å². The third kappa shape index (κ3) is 6.39. The molecule has 1 aliphatic heterocycles. The molecule has 0 saturated carbocycles. The van der Waals surface area contributed by atoms with Gasteiger partial charge < -0.3 is 25.6 Å². The molecule has 3 N–H and O–H groups in total. The zero-order valence-electron chi connectivity index (χ0n) is 21.1. The highest BCUT2D eigenvalue weighted by molar-refractivity contribution is 7.80. The van der Waals surface area contributed by atoms with Gasteiger partial charge in [0.1, 0.15) is 0 Å². The Morgan fingerprint density at radius 2 is 1.71 bits per heavy atom. The van der Waals surface area contributed by atoms with Gasteiger partial charge >= 0.3 is 12.0 Å². The quantitative estimate of drug-likeness (QED) is 0.327. The lowest BCUT2D eigenvalue weighted by atomic mass is 9.94. The van der Waals surface area contributed by atoms with E-state index in [1.807, 2.05) is 75.1 Å². The van der Waals surface area contributed by atoms with Crippen LogP contribution >= 0.6 is 12.2 Å². The average molecular weight is 495 g/mol. The number of nitrogens with zero attached hydrogens (tertiary/aromatic N) is 1. The number of urea groups is 1. The Hall–Kier alpha value is -3.39. The molecule has 2 aromatic rings. The molecule has 186 valence electrons. The molecular formula is C27H34N4O3S. The minimum Gasteiger partial charge on any atom is -0.459 e. The van der Waals surface area contributed by atoms with E-state index in [1.165, 1.54) is 5.56 Å². The summed E-state index contributed by atoms with van der Waals surface area (Å²) in [5, 5.41) is 9.54. The van der Waals surface area contributed by atoms with Crippen molar-refractivity contribution in [3.05, 3.63) is 70.9 Å². The highest BCUT2D eigenvalue weighted by atomic mass is 32.1. The number of thiocarbonyl (C=S) groups is 1. The molecule has 0 unspecified atom stereocenters. The highest BCUT2D eigenvalue weighted by Crippen LogP contribution is 2.32. The average Bonchev–Trinajstić information content (AvgIpc) is 2.78. The summed E-state index contributed by atoms with van der Waals surface area (Å²) < 4.78 is 5.54. The molecule has 8 heteroatoms. The van der Waals surface area contributed by atoms with Gasteiger partial charge in [-0.3, -0.25) is 0 Å². The molecule has 0 aliphatic carbocycles. The van der Waals surface area contributed by atoms with E-state index in [9.17, 15) is 9.59 Å². The minimum atomic E-state index is -0.495. The Morgan fingerprint density at radius 1 is 1.06 bits per heavy atom. The second kappa shape index (κ2) is 11.4. The molecule has 1 atom stereocenters. The van der Waals surface area contributed by atoms with Gasteiger partial charge in [0.25, 0.3) is 0 Å². The van der Waals surface area contributed by atoms with Crippen LogP contribution in [0.25, 0.3) is 0 Å². The maximum absolute atomic E-state index is 13.0. The first kappa shape index (κ1) is 26.2. The molecule has 2 aromatic carbocycles. The van der Waals surface area contributed by atoms with Gasteiger partial charge in [0.2, 0.25) is 0 Å². The molecule has 2 amide bonds. The van der Waals surface area contributed by atoms with Gasteiger partial charge in [-0.25, -0.2) is 9.59 Å². The Bertz CT molecular complexity index is 1130. The first-order chi connectivity index (χ1) is 16.6. The normalized spacial score (nSPS) is 15.8. The number of hydrogen-bond donors (Lipinski definition) is 3. The van der Waals surface area contributed by atoms with Gasteiger partial charge in [-0.15, -0.1) is 0 Å². The minimum absolute atomic E-state index is 0.251. The molecule has 1 heterocycles. The smallest absolute Gasteiger partial charge is 0.338 e. The van der Waals surface area contributed by atoms with E-state index in [1.54, 1.807) is 6.07 Å². The van der Waals surface area contributed by atoms with Crippen LogP contribution in [0.3, 0.4) is 0 Å². The second-order valence-corrected chi connectivity index (χ2v) is 9.45. The van der Waals surface area contributed by atoms with Crippen LogP contribution in [0.15, 0.2) is 59.8 Å². The van der Waals surface area contributed by atoms with Gasteiger partial charge in [-0.1, -0.05) is 38.1 Å². The third-order valence-corrected chi connectivity index (χ3v) is 6.13. The molecule has 1 aliphatic rings. The molecule has 7 nitrogen and oxygen atoms in total. The van der Waals surface area contributed by atoms with Crippen LogP contribution in [-0.2, 0) is 9.53 Å². The zero-order chi connectivity index (χ0) is 25.7. The van der Waals surface area contributed by atoms with Gasteiger partial charge in [-0.2, -0.15) is 0 Å². The Balaban J connectivity index is 1.82. The van der Waals surface area contributed by atoms with Gasteiger partial charge in [0.15, 0.2) is 5.11 Å². The summed E-state index contributed by atoms with van der Waals surface area (Å²) in [6, 6.07) is 14.3. The van der Waals surface area contributed by atoms with Crippen molar-refractivity contribution < 1.29 is 14.3 Å².